The average molecular weight is 251 g/mol. The van der Waals surface area contributed by atoms with Gasteiger partial charge in [-0.15, -0.1) is 0 Å². The summed E-state index contributed by atoms with van der Waals surface area (Å²) in [5.41, 5.74) is 2.29. The van der Waals surface area contributed by atoms with Gasteiger partial charge in [0, 0.05) is 18.0 Å². The monoisotopic (exact) mass is 251 g/mol. The molecule has 0 bridgehead atoms. The van der Waals surface area contributed by atoms with Crippen molar-refractivity contribution in [3.05, 3.63) is 84.6 Å². The first-order valence-electron chi connectivity index (χ1n) is 6.21. The molecule has 2 aromatic carbocycles. The van der Waals surface area contributed by atoms with Crippen molar-refractivity contribution in [1.82, 2.24) is 4.57 Å². The Bertz CT molecular complexity index is 599. The molecule has 0 radical (unpaired) electrons. The fraction of sp³-hybridized carbons (Fsp3) is 0.0588. The van der Waals surface area contributed by atoms with Crippen molar-refractivity contribution in [2.75, 3.05) is 0 Å². The fourth-order valence-corrected chi connectivity index (χ4v) is 1.71. The zero-order valence-corrected chi connectivity index (χ0v) is 10.9. The van der Waals surface area contributed by atoms with Gasteiger partial charge in [-0.05, 0) is 25.1 Å². The lowest BCUT2D eigenvalue weighted by Crippen LogP contribution is -1.88. The molecule has 1 N–H and O–H groups in total. The highest BCUT2D eigenvalue weighted by molar-refractivity contribution is 5.36. The number of hydrogen-bond acceptors (Lipinski definition) is 1. The van der Waals surface area contributed by atoms with Gasteiger partial charge in [0.1, 0.15) is 0 Å². The van der Waals surface area contributed by atoms with E-state index in [1.54, 1.807) is 10.6 Å². The van der Waals surface area contributed by atoms with Crippen molar-refractivity contribution in [2.24, 2.45) is 0 Å². The topological polar surface area (TPSA) is 25.2 Å². The van der Waals surface area contributed by atoms with Crippen LogP contribution >= 0.6 is 0 Å². The summed E-state index contributed by atoms with van der Waals surface area (Å²) >= 11 is 0. The molecule has 96 valence electrons. The van der Waals surface area contributed by atoms with Crippen molar-refractivity contribution in [1.29, 1.82) is 0 Å². The van der Waals surface area contributed by atoms with Crippen LogP contribution in [-0.2, 0) is 0 Å². The molecule has 0 amide bonds. The van der Waals surface area contributed by atoms with Gasteiger partial charge in [0.25, 0.3) is 0 Å². The van der Waals surface area contributed by atoms with E-state index in [9.17, 15) is 5.11 Å². The van der Waals surface area contributed by atoms with E-state index in [2.05, 4.69) is 19.1 Å². The van der Waals surface area contributed by atoms with Crippen LogP contribution < -0.4 is 0 Å². The van der Waals surface area contributed by atoms with Crippen molar-refractivity contribution in [2.45, 2.75) is 6.92 Å². The largest absolute Gasteiger partial charge is 0.494 e. The van der Waals surface area contributed by atoms with Gasteiger partial charge < -0.3 is 5.11 Å². The summed E-state index contributed by atoms with van der Waals surface area (Å²) in [6.45, 7) is 2.08. The third-order valence-corrected chi connectivity index (χ3v) is 2.70. The number of benzene rings is 2. The summed E-state index contributed by atoms with van der Waals surface area (Å²) in [6, 6.07) is 23.4. The van der Waals surface area contributed by atoms with Crippen molar-refractivity contribution < 1.29 is 5.11 Å². The van der Waals surface area contributed by atoms with Crippen molar-refractivity contribution in [3.63, 3.8) is 0 Å². The van der Waals surface area contributed by atoms with Crippen LogP contribution in [0.2, 0.25) is 0 Å². The zero-order valence-electron chi connectivity index (χ0n) is 10.9. The quantitative estimate of drug-likeness (QED) is 0.689. The number of nitrogens with zero attached hydrogens (tertiary/aromatic N) is 1. The van der Waals surface area contributed by atoms with Gasteiger partial charge in [0.05, 0.1) is 0 Å². The molecule has 0 aliphatic rings. The molecule has 0 saturated carbocycles. The van der Waals surface area contributed by atoms with Crippen LogP contribution in [0, 0.1) is 6.92 Å². The molecule has 1 heterocycles. The van der Waals surface area contributed by atoms with Crippen LogP contribution in [0.5, 0.6) is 5.88 Å². The Morgan fingerprint density at radius 3 is 1.74 bits per heavy atom. The van der Waals surface area contributed by atoms with Crippen LogP contribution in [0.1, 0.15) is 5.56 Å². The van der Waals surface area contributed by atoms with Gasteiger partial charge in [0.15, 0.2) is 5.88 Å². The number of aryl methyl sites for hydroxylation is 1. The Kier molecular flexibility index (Phi) is 4.40. The van der Waals surface area contributed by atoms with Crippen LogP contribution in [0.4, 0.5) is 0 Å². The Morgan fingerprint density at radius 1 is 0.737 bits per heavy atom. The molecular weight excluding hydrogens is 234 g/mol. The fourth-order valence-electron chi connectivity index (χ4n) is 1.71. The van der Waals surface area contributed by atoms with E-state index in [1.807, 2.05) is 60.8 Å². The highest BCUT2D eigenvalue weighted by atomic mass is 16.3. The maximum Gasteiger partial charge on any atom is 0.195 e. The summed E-state index contributed by atoms with van der Waals surface area (Å²) < 4.78 is 1.72. The van der Waals surface area contributed by atoms with E-state index in [0.717, 1.165) is 5.69 Å². The summed E-state index contributed by atoms with van der Waals surface area (Å²) in [5, 5.41) is 9.37. The molecule has 0 spiro atoms. The van der Waals surface area contributed by atoms with E-state index < -0.39 is 0 Å². The van der Waals surface area contributed by atoms with Crippen molar-refractivity contribution >= 4 is 0 Å². The van der Waals surface area contributed by atoms with E-state index in [0.29, 0.717) is 0 Å². The maximum atomic E-state index is 9.37. The minimum atomic E-state index is 0.265. The highest BCUT2D eigenvalue weighted by Gasteiger charge is 1.97. The predicted octanol–water partition coefficient (Wildman–Crippen LogP) is 4.18. The van der Waals surface area contributed by atoms with E-state index in [4.69, 9.17) is 0 Å². The summed E-state index contributed by atoms with van der Waals surface area (Å²) in [5.74, 6) is 0.265. The molecule has 2 nitrogen and oxygen atoms in total. The molecule has 2 heteroatoms. The molecule has 19 heavy (non-hydrogen) atoms. The first-order chi connectivity index (χ1) is 9.27. The minimum absolute atomic E-state index is 0.265. The van der Waals surface area contributed by atoms with Gasteiger partial charge in [0.2, 0.25) is 0 Å². The van der Waals surface area contributed by atoms with Gasteiger partial charge in [-0.1, -0.05) is 54.1 Å². The maximum absolute atomic E-state index is 9.37. The van der Waals surface area contributed by atoms with Gasteiger partial charge >= 0.3 is 0 Å². The lowest BCUT2D eigenvalue weighted by molar-refractivity contribution is 0.443. The Morgan fingerprint density at radius 2 is 1.32 bits per heavy atom. The SMILES string of the molecule is Cc1ccccc1.Oc1cccn1-c1ccccc1. The summed E-state index contributed by atoms with van der Waals surface area (Å²) in [7, 11) is 0. The molecule has 0 aliphatic heterocycles. The smallest absolute Gasteiger partial charge is 0.195 e. The Balaban J connectivity index is 0.000000163. The van der Waals surface area contributed by atoms with E-state index in [-0.39, 0.29) is 5.88 Å². The second-order valence-corrected chi connectivity index (χ2v) is 4.23. The standard InChI is InChI=1S/C10H9NO.C7H8/c12-10-7-4-8-11(10)9-5-2-1-3-6-9;1-7-5-3-2-4-6-7/h1-8,12H;2-6H,1H3. The lowest BCUT2D eigenvalue weighted by Gasteiger charge is -2.02. The Labute approximate surface area is 113 Å². The number of rotatable bonds is 1. The third-order valence-electron chi connectivity index (χ3n) is 2.70. The average Bonchev–Trinajstić information content (AvgIpc) is 2.88. The molecule has 0 atom stereocenters. The second kappa shape index (κ2) is 6.45. The molecular formula is C17H17NO. The van der Waals surface area contributed by atoms with Crippen LogP contribution in [-0.4, -0.2) is 9.67 Å². The molecule has 3 aromatic rings. The van der Waals surface area contributed by atoms with Gasteiger partial charge in [-0.3, -0.25) is 4.57 Å². The zero-order chi connectivity index (χ0) is 13.5. The first kappa shape index (κ1) is 13.0. The minimum Gasteiger partial charge on any atom is -0.494 e. The molecule has 1 aromatic heterocycles. The Hall–Kier alpha value is -2.48. The van der Waals surface area contributed by atoms with Crippen LogP contribution in [0.25, 0.3) is 5.69 Å². The lowest BCUT2D eigenvalue weighted by atomic mass is 10.2. The second-order valence-electron chi connectivity index (χ2n) is 4.23. The molecule has 0 fully saturated rings. The normalized spacial score (nSPS) is 9.53. The molecule has 0 unspecified atom stereocenters. The summed E-state index contributed by atoms with van der Waals surface area (Å²) in [6.07, 6.45) is 1.82. The number of para-hydroxylation sites is 1. The van der Waals surface area contributed by atoms with E-state index >= 15 is 0 Å². The summed E-state index contributed by atoms with van der Waals surface area (Å²) in [4.78, 5) is 0. The van der Waals surface area contributed by atoms with E-state index in [1.165, 1.54) is 5.56 Å². The molecule has 3 rings (SSSR count). The highest BCUT2D eigenvalue weighted by Crippen LogP contribution is 2.16. The van der Waals surface area contributed by atoms with Crippen molar-refractivity contribution in [3.8, 4) is 11.6 Å². The number of aromatic nitrogens is 1. The van der Waals surface area contributed by atoms with Crippen LogP contribution in [0.3, 0.4) is 0 Å². The van der Waals surface area contributed by atoms with Crippen LogP contribution in [0.15, 0.2) is 79.0 Å². The third kappa shape index (κ3) is 3.75. The van der Waals surface area contributed by atoms with Gasteiger partial charge in [-0.2, -0.15) is 0 Å². The number of hydrogen-bond donors (Lipinski definition) is 1. The first-order valence-corrected chi connectivity index (χ1v) is 6.21. The molecule has 0 saturated heterocycles. The van der Waals surface area contributed by atoms with Gasteiger partial charge in [-0.25, -0.2) is 0 Å². The predicted molar refractivity (Wildman–Crippen MR) is 78.6 cm³/mol. The molecule has 0 aliphatic carbocycles. The number of aromatic hydroxyl groups is 1.